The van der Waals surface area contributed by atoms with E-state index in [1.54, 1.807) is 6.20 Å². The average molecular weight is 348 g/mol. The second kappa shape index (κ2) is 5.73. The maximum absolute atomic E-state index is 11.4. The predicted molar refractivity (Wildman–Crippen MR) is 84.5 cm³/mol. The highest BCUT2D eigenvalue weighted by Gasteiger charge is 2.17. The topological polar surface area (TPSA) is 63.2 Å². The first-order valence-electron chi connectivity index (χ1n) is 6.56. The maximum atomic E-state index is 11.4. The lowest BCUT2D eigenvalue weighted by atomic mass is 10.1. The van der Waals surface area contributed by atoms with Gasteiger partial charge < -0.3 is 15.4 Å². The van der Waals surface area contributed by atoms with Gasteiger partial charge in [0.1, 0.15) is 11.6 Å². The standard InChI is InChI=1S/C15H14BrN3O2/c1-9(18-14-5-3-11(16)7-17-14)10-2-4-13-12(6-10)19-15(20)8-21-13/h2-7,9H,8H2,1H3,(H,17,18)(H,19,20). The van der Waals surface area contributed by atoms with Crippen molar-refractivity contribution in [2.45, 2.75) is 13.0 Å². The van der Waals surface area contributed by atoms with Crippen molar-refractivity contribution in [3.8, 4) is 5.75 Å². The number of halogens is 1. The molecule has 0 radical (unpaired) electrons. The van der Waals surface area contributed by atoms with E-state index in [9.17, 15) is 4.79 Å². The number of amides is 1. The highest BCUT2D eigenvalue weighted by Crippen LogP contribution is 2.31. The van der Waals surface area contributed by atoms with Crippen LogP contribution in [-0.2, 0) is 4.79 Å². The van der Waals surface area contributed by atoms with E-state index >= 15 is 0 Å². The quantitative estimate of drug-likeness (QED) is 0.893. The van der Waals surface area contributed by atoms with Gasteiger partial charge in [-0.2, -0.15) is 0 Å². The molecule has 2 heterocycles. The number of nitrogens with one attached hydrogen (secondary N) is 2. The summed E-state index contributed by atoms with van der Waals surface area (Å²) >= 11 is 3.36. The molecule has 1 unspecified atom stereocenters. The number of aromatic nitrogens is 1. The fraction of sp³-hybridized carbons (Fsp3) is 0.200. The predicted octanol–water partition coefficient (Wildman–Crippen LogP) is 3.35. The summed E-state index contributed by atoms with van der Waals surface area (Å²) in [6, 6.07) is 9.67. The minimum atomic E-state index is -0.130. The smallest absolute Gasteiger partial charge is 0.262 e. The lowest BCUT2D eigenvalue weighted by Gasteiger charge is -2.21. The zero-order valence-corrected chi connectivity index (χ0v) is 13.0. The number of rotatable bonds is 3. The molecule has 5 nitrogen and oxygen atoms in total. The summed E-state index contributed by atoms with van der Waals surface area (Å²) in [6.45, 7) is 2.11. The van der Waals surface area contributed by atoms with E-state index < -0.39 is 0 Å². The Hall–Kier alpha value is -2.08. The lowest BCUT2D eigenvalue weighted by Crippen LogP contribution is -2.25. The molecule has 3 rings (SSSR count). The molecule has 6 heteroatoms. The van der Waals surface area contributed by atoms with Gasteiger partial charge in [0, 0.05) is 10.7 Å². The number of hydrogen-bond donors (Lipinski definition) is 2. The summed E-state index contributed by atoms with van der Waals surface area (Å²) < 4.78 is 6.29. The number of anilines is 2. The van der Waals surface area contributed by atoms with E-state index in [4.69, 9.17) is 4.74 Å². The SMILES string of the molecule is CC(Nc1ccc(Br)cn1)c1ccc2c(c1)NC(=O)CO2. The van der Waals surface area contributed by atoms with Crippen LogP contribution in [0.15, 0.2) is 41.0 Å². The summed E-state index contributed by atoms with van der Waals surface area (Å²) in [5, 5.41) is 6.13. The molecule has 1 aromatic heterocycles. The molecule has 1 aliphatic heterocycles. The van der Waals surface area contributed by atoms with Crippen molar-refractivity contribution >= 4 is 33.3 Å². The molecule has 2 aromatic rings. The van der Waals surface area contributed by atoms with Crippen molar-refractivity contribution in [2.75, 3.05) is 17.2 Å². The Morgan fingerprint density at radius 3 is 3.00 bits per heavy atom. The van der Waals surface area contributed by atoms with Gasteiger partial charge in [0.25, 0.3) is 5.91 Å². The third kappa shape index (κ3) is 3.16. The van der Waals surface area contributed by atoms with Crippen LogP contribution in [0, 0.1) is 0 Å². The van der Waals surface area contributed by atoms with Crippen LogP contribution < -0.4 is 15.4 Å². The Kier molecular flexibility index (Phi) is 3.79. The Morgan fingerprint density at radius 1 is 1.38 bits per heavy atom. The molecule has 0 saturated heterocycles. The van der Waals surface area contributed by atoms with Gasteiger partial charge in [-0.1, -0.05) is 6.07 Å². The van der Waals surface area contributed by atoms with E-state index in [0.29, 0.717) is 11.4 Å². The fourth-order valence-corrected chi connectivity index (χ4v) is 2.37. The highest BCUT2D eigenvalue weighted by atomic mass is 79.9. The first-order chi connectivity index (χ1) is 10.1. The minimum absolute atomic E-state index is 0.0582. The van der Waals surface area contributed by atoms with Crippen molar-refractivity contribution in [3.63, 3.8) is 0 Å². The molecular weight excluding hydrogens is 334 g/mol. The molecule has 0 fully saturated rings. The summed E-state index contributed by atoms with van der Waals surface area (Å²) in [5.74, 6) is 1.37. The van der Waals surface area contributed by atoms with E-state index in [-0.39, 0.29) is 18.6 Å². The van der Waals surface area contributed by atoms with Gasteiger partial charge in [-0.25, -0.2) is 4.98 Å². The Morgan fingerprint density at radius 2 is 2.24 bits per heavy atom. The molecule has 2 N–H and O–H groups in total. The van der Waals surface area contributed by atoms with Crippen molar-refractivity contribution < 1.29 is 9.53 Å². The molecule has 1 atom stereocenters. The first kappa shape index (κ1) is 13.9. The first-order valence-corrected chi connectivity index (χ1v) is 7.36. The molecule has 21 heavy (non-hydrogen) atoms. The molecule has 0 saturated carbocycles. The Labute approximate surface area is 130 Å². The molecule has 1 aromatic carbocycles. The van der Waals surface area contributed by atoms with E-state index in [0.717, 1.165) is 15.9 Å². The monoisotopic (exact) mass is 347 g/mol. The highest BCUT2D eigenvalue weighted by molar-refractivity contribution is 9.10. The van der Waals surface area contributed by atoms with Crippen LogP contribution in [0.4, 0.5) is 11.5 Å². The zero-order chi connectivity index (χ0) is 14.8. The molecule has 108 valence electrons. The van der Waals surface area contributed by atoms with Gasteiger partial charge >= 0.3 is 0 Å². The number of carbonyl (C=O) groups excluding carboxylic acids is 1. The third-order valence-corrected chi connectivity index (χ3v) is 3.70. The van der Waals surface area contributed by atoms with Gasteiger partial charge in [0.05, 0.1) is 11.7 Å². The van der Waals surface area contributed by atoms with Crippen molar-refractivity contribution in [1.29, 1.82) is 0 Å². The second-order valence-electron chi connectivity index (χ2n) is 4.82. The van der Waals surface area contributed by atoms with Crippen molar-refractivity contribution in [3.05, 3.63) is 46.6 Å². The van der Waals surface area contributed by atoms with Crippen LogP contribution in [0.1, 0.15) is 18.5 Å². The summed E-state index contributed by atoms with van der Waals surface area (Å²) in [4.78, 5) is 15.7. The maximum Gasteiger partial charge on any atom is 0.262 e. The number of pyridine rings is 1. The van der Waals surface area contributed by atoms with Crippen LogP contribution in [0.3, 0.4) is 0 Å². The minimum Gasteiger partial charge on any atom is -0.482 e. The molecule has 0 spiro atoms. The fourth-order valence-electron chi connectivity index (χ4n) is 2.14. The molecular formula is C15H14BrN3O2. The van der Waals surface area contributed by atoms with Crippen LogP contribution in [0.2, 0.25) is 0 Å². The van der Waals surface area contributed by atoms with Crippen LogP contribution in [0.5, 0.6) is 5.75 Å². The lowest BCUT2D eigenvalue weighted by molar-refractivity contribution is -0.118. The normalized spacial score (nSPS) is 14.7. The summed E-state index contributed by atoms with van der Waals surface area (Å²) in [5.41, 5.74) is 1.76. The third-order valence-electron chi connectivity index (χ3n) is 3.23. The van der Waals surface area contributed by atoms with E-state index in [2.05, 4.69) is 31.5 Å². The van der Waals surface area contributed by atoms with Gasteiger partial charge in [-0.3, -0.25) is 4.79 Å². The molecule has 1 amide bonds. The van der Waals surface area contributed by atoms with Gasteiger partial charge in [-0.15, -0.1) is 0 Å². The van der Waals surface area contributed by atoms with E-state index in [1.807, 2.05) is 37.3 Å². The number of carbonyl (C=O) groups is 1. The average Bonchev–Trinajstić information content (AvgIpc) is 2.48. The zero-order valence-electron chi connectivity index (χ0n) is 11.4. The second-order valence-corrected chi connectivity index (χ2v) is 5.74. The number of ether oxygens (including phenoxy) is 1. The number of nitrogens with zero attached hydrogens (tertiary/aromatic N) is 1. The van der Waals surface area contributed by atoms with E-state index in [1.165, 1.54) is 0 Å². The number of hydrogen-bond acceptors (Lipinski definition) is 4. The Balaban J connectivity index is 1.78. The van der Waals surface area contributed by atoms with Gasteiger partial charge in [0.15, 0.2) is 6.61 Å². The van der Waals surface area contributed by atoms with Crippen LogP contribution in [0.25, 0.3) is 0 Å². The largest absolute Gasteiger partial charge is 0.482 e. The van der Waals surface area contributed by atoms with Crippen molar-refractivity contribution in [2.24, 2.45) is 0 Å². The Bertz CT molecular complexity index is 673. The summed E-state index contributed by atoms with van der Waals surface area (Å²) in [7, 11) is 0. The number of fused-ring (bicyclic) bond motifs is 1. The molecule has 0 bridgehead atoms. The molecule has 1 aliphatic rings. The van der Waals surface area contributed by atoms with Crippen LogP contribution >= 0.6 is 15.9 Å². The molecule has 0 aliphatic carbocycles. The van der Waals surface area contributed by atoms with Crippen LogP contribution in [-0.4, -0.2) is 17.5 Å². The number of benzene rings is 1. The van der Waals surface area contributed by atoms with Crippen molar-refractivity contribution in [1.82, 2.24) is 4.98 Å². The van der Waals surface area contributed by atoms with Gasteiger partial charge in [0.2, 0.25) is 0 Å². The summed E-state index contributed by atoms with van der Waals surface area (Å²) in [6.07, 6.45) is 1.75. The van der Waals surface area contributed by atoms with Gasteiger partial charge in [-0.05, 0) is 52.7 Å².